The van der Waals surface area contributed by atoms with Gasteiger partial charge in [-0.25, -0.2) is 0 Å². The van der Waals surface area contributed by atoms with E-state index in [2.05, 4.69) is 23.3 Å². The van der Waals surface area contributed by atoms with E-state index in [0.717, 1.165) is 28.6 Å². The maximum absolute atomic E-state index is 12.4. The number of para-hydroxylation sites is 1. The summed E-state index contributed by atoms with van der Waals surface area (Å²) in [5.74, 6) is 0.00140. The van der Waals surface area contributed by atoms with Crippen molar-refractivity contribution >= 4 is 16.8 Å². The second kappa shape index (κ2) is 6.65. The molecule has 2 aromatic heterocycles. The summed E-state index contributed by atoms with van der Waals surface area (Å²) in [5, 5.41) is 4.24. The first kappa shape index (κ1) is 15.3. The van der Waals surface area contributed by atoms with Crippen molar-refractivity contribution in [3.8, 4) is 0 Å². The lowest BCUT2D eigenvalue weighted by Gasteiger charge is -2.17. The van der Waals surface area contributed by atoms with Gasteiger partial charge in [0.2, 0.25) is 5.91 Å². The lowest BCUT2D eigenvalue weighted by atomic mass is 10.1. The van der Waals surface area contributed by atoms with E-state index < -0.39 is 0 Å². The van der Waals surface area contributed by atoms with Crippen LogP contribution in [0.4, 0.5) is 0 Å². The number of nitrogens with zero attached hydrogens (tertiary/aromatic N) is 2. The van der Waals surface area contributed by atoms with Crippen molar-refractivity contribution in [1.29, 1.82) is 0 Å². The Bertz CT molecular complexity index is 822. The molecular formula is C19H21N3O. The highest BCUT2D eigenvalue weighted by molar-refractivity contribution is 5.83. The third kappa shape index (κ3) is 3.42. The lowest BCUT2D eigenvalue weighted by molar-refractivity contribution is -0.122. The smallest absolute Gasteiger partial charge is 0.240 e. The molecule has 0 fully saturated rings. The molecule has 0 saturated heterocycles. The highest BCUT2D eigenvalue weighted by atomic mass is 16.2. The summed E-state index contributed by atoms with van der Waals surface area (Å²) in [4.78, 5) is 16.8. The number of benzene rings is 1. The van der Waals surface area contributed by atoms with Crippen molar-refractivity contribution in [3.63, 3.8) is 0 Å². The molecule has 3 rings (SSSR count). The first-order valence-corrected chi connectivity index (χ1v) is 7.93. The standard InChI is InChI=1S/C19H21N3O/c1-3-16(17-12-14(2)8-10-20-17)21-19(23)13-22-11-9-15-6-4-5-7-18(15)22/h4-12,16H,3,13H2,1-2H3,(H,21,23)/t16-/m0/s1. The molecule has 1 atom stereocenters. The molecule has 118 valence electrons. The molecule has 1 aromatic carbocycles. The van der Waals surface area contributed by atoms with Gasteiger partial charge in [-0.15, -0.1) is 0 Å². The molecule has 0 aliphatic heterocycles. The predicted octanol–water partition coefficient (Wildman–Crippen LogP) is 3.61. The molecule has 1 N–H and O–H groups in total. The van der Waals surface area contributed by atoms with E-state index >= 15 is 0 Å². The van der Waals surface area contributed by atoms with E-state index in [9.17, 15) is 4.79 Å². The molecule has 0 aliphatic carbocycles. The Hall–Kier alpha value is -2.62. The van der Waals surface area contributed by atoms with Crippen LogP contribution >= 0.6 is 0 Å². The van der Waals surface area contributed by atoms with Gasteiger partial charge in [0.1, 0.15) is 6.54 Å². The molecule has 1 amide bonds. The molecule has 0 spiro atoms. The van der Waals surface area contributed by atoms with Crippen LogP contribution in [-0.4, -0.2) is 15.5 Å². The summed E-state index contributed by atoms with van der Waals surface area (Å²) < 4.78 is 1.97. The molecule has 2 heterocycles. The van der Waals surface area contributed by atoms with Crippen LogP contribution < -0.4 is 5.32 Å². The highest BCUT2D eigenvalue weighted by Crippen LogP contribution is 2.17. The molecule has 0 unspecified atom stereocenters. The van der Waals surface area contributed by atoms with Crippen molar-refractivity contribution in [2.24, 2.45) is 0 Å². The van der Waals surface area contributed by atoms with Gasteiger partial charge in [0.15, 0.2) is 0 Å². The van der Waals surface area contributed by atoms with Crippen LogP contribution in [0.3, 0.4) is 0 Å². The Balaban J connectivity index is 1.73. The SMILES string of the molecule is CC[C@H](NC(=O)Cn1ccc2ccccc21)c1cc(C)ccn1. The normalized spacial score (nSPS) is 12.3. The van der Waals surface area contributed by atoms with Gasteiger partial charge >= 0.3 is 0 Å². The summed E-state index contributed by atoms with van der Waals surface area (Å²) in [6, 6.07) is 14.0. The van der Waals surface area contributed by atoms with E-state index in [0.29, 0.717) is 6.54 Å². The zero-order chi connectivity index (χ0) is 16.2. The lowest BCUT2D eigenvalue weighted by Crippen LogP contribution is -2.31. The van der Waals surface area contributed by atoms with E-state index in [1.807, 2.05) is 54.1 Å². The molecule has 0 aliphatic rings. The molecule has 0 bridgehead atoms. The molecule has 0 radical (unpaired) electrons. The second-order valence-electron chi connectivity index (χ2n) is 5.79. The van der Waals surface area contributed by atoms with Crippen LogP contribution in [0.1, 0.15) is 30.6 Å². The van der Waals surface area contributed by atoms with Gasteiger partial charge < -0.3 is 9.88 Å². The summed E-state index contributed by atoms with van der Waals surface area (Å²) in [5.41, 5.74) is 3.14. The number of nitrogens with one attached hydrogen (secondary N) is 1. The van der Waals surface area contributed by atoms with Crippen molar-refractivity contribution in [3.05, 3.63) is 66.1 Å². The number of fused-ring (bicyclic) bond motifs is 1. The number of amides is 1. The number of carbonyl (C=O) groups excluding carboxylic acids is 1. The van der Waals surface area contributed by atoms with Crippen LogP contribution in [0.15, 0.2) is 54.9 Å². The first-order valence-electron chi connectivity index (χ1n) is 7.93. The van der Waals surface area contributed by atoms with Crippen molar-refractivity contribution in [1.82, 2.24) is 14.9 Å². The van der Waals surface area contributed by atoms with Gasteiger partial charge in [-0.3, -0.25) is 9.78 Å². The minimum atomic E-state index is -0.0516. The maximum Gasteiger partial charge on any atom is 0.240 e. The Morgan fingerprint density at radius 3 is 2.87 bits per heavy atom. The van der Waals surface area contributed by atoms with Gasteiger partial charge in [0, 0.05) is 17.9 Å². The number of hydrogen-bond acceptors (Lipinski definition) is 2. The Labute approximate surface area is 136 Å². The quantitative estimate of drug-likeness (QED) is 0.782. The molecule has 0 saturated carbocycles. The highest BCUT2D eigenvalue weighted by Gasteiger charge is 2.15. The number of aryl methyl sites for hydroxylation is 1. The van der Waals surface area contributed by atoms with Gasteiger partial charge in [-0.05, 0) is 48.6 Å². The molecule has 3 aromatic rings. The number of carbonyl (C=O) groups is 1. The van der Waals surface area contributed by atoms with Crippen LogP contribution in [0.5, 0.6) is 0 Å². The number of rotatable bonds is 5. The van der Waals surface area contributed by atoms with Crippen LogP contribution in [0.2, 0.25) is 0 Å². The summed E-state index contributed by atoms with van der Waals surface area (Å²) in [6.45, 7) is 4.40. The van der Waals surface area contributed by atoms with Crippen molar-refractivity contribution < 1.29 is 4.79 Å². The summed E-state index contributed by atoms with van der Waals surface area (Å²) >= 11 is 0. The topological polar surface area (TPSA) is 46.9 Å². The van der Waals surface area contributed by atoms with Crippen molar-refractivity contribution in [2.75, 3.05) is 0 Å². The fraction of sp³-hybridized carbons (Fsp3) is 0.263. The van der Waals surface area contributed by atoms with Gasteiger partial charge in [0.05, 0.1) is 11.7 Å². The van der Waals surface area contributed by atoms with E-state index in [1.165, 1.54) is 0 Å². The van der Waals surface area contributed by atoms with Crippen LogP contribution in [0, 0.1) is 6.92 Å². The van der Waals surface area contributed by atoms with Gasteiger partial charge in [-0.2, -0.15) is 0 Å². The minimum absolute atomic E-state index is 0.00140. The number of aromatic nitrogens is 2. The number of pyridine rings is 1. The summed E-state index contributed by atoms with van der Waals surface area (Å²) in [7, 11) is 0. The zero-order valence-electron chi connectivity index (χ0n) is 13.5. The maximum atomic E-state index is 12.4. The van der Waals surface area contributed by atoms with Gasteiger partial charge in [0.25, 0.3) is 0 Å². The zero-order valence-corrected chi connectivity index (χ0v) is 13.5. The Kier molecular flexibility index (Phi) is 4.42. The third-order valence-corrected chi connectivity index (χ3v) is 4.03. The fourth-order valence-corrected chi connectivity index (χ4v) is 2.81. The van der Waals surface area contributed by atoms with Crippen LogP contribution in [0.25, 0.3) is 10.9 Å². The average Bonchev–Trinajstić information content (AvgIpc) is 2.96. The monoisotopic (exact) mass is 307 g/mol. The average molecular weight is 307 g/mol. The van der Waals surface area contributed by atoms with E-state index in [-0.39, 0.29) is 11.9 Å². The van der Waals surface area contributed by atoms with E-state index in [1.54, 1.807) is 6.20 Å². The second-order valence-corrected chi connectivity index (χ2v) is 5.79. The fourth-order valence-electron chi connectivity index (χ4n) is 2.81. The Morgan fingerprint density at radius 1 is 1.26 bits per heavy atom. The minimum Gasteiger partial charge on any atom is -0.346 e. The van der Waals surface area contributed by atoms with Gasteiger partial charge in [-0.1, -0.05) is 25.1 Å². The predicted molar refractivity (Wildman–Crippen MR) is 92.1 cm³/mol. The third-order valence-electron chi connectivity index (χ3n) is 4.03. The largest absolute Gasteiger partial charge is 0.346 e. The van der Waals surface area contributed by atoms with E-state index in [4.69, 9.17) is 0 Å². The molecule has 23 heavy (non-hydrogen) atoms. The number of hydrogen-bond donors (Lipinski definition) is 1. The van der Waals surface area contributed by atoms with Crippen LogP contribution in [-0.2, 0) is 11.3 Å². The first-order chi connectivity index (χ1) is 11.2. The molecule has 4 nitrogen and oxygen atoms in total. The van der Waals surface area contributed by atoms with Crippen molar-refractivity contribution in [2.45, 2.75) is 32.9 Å². The molecule has 4 heteroatoms. The summed E-state index contributed by atoms with van der Waals surface area (Å²) in [6.07, 6.45) is 4.56. The molecular weight excluding hydrogens is 286 g/mol. The Morgan fingerprint density at radius 2 is 2.09 bits per heavy atom.